The van der Waals surface area contributed by atoms with Crippen LogP contribution in [0.25, 0.3) is 86.3 Å². The maximum absolute atomic E-state index is 6.70. The van der Waals surface area contributed by atoms with E-state index >= 15 is 0 Å². The van der Waals surface area contributed by atoms with Crippen LogP contribution in [0.5, 0.6) is 0 Å². The lowest BCUT2D eigenvalue weighted by Crippen LogP contribution is -2.11. The minimum Gasteiger partial charge on any atom is -0.454 e. The van der Waals surface area contributed by atoms with Crippen molar-refractivity contribution in [2.75, 3.05) is 4.90 Å². The van der Waals surface area contributed by atoms with Crippen molar-refractivity contribution < 1.29 is 4.42 Å². The average Bonchev–Trinajstić information content (AvgIpc) is 3.83. The van der Waals surface area contributed by atoms with Crippen molar-refractivity contribution in [2.24, 2.45) is 0 Å². The molecule has 2 aromatic heterocycles. The van der Waals surface area contributed by atoms with Gasteiger partial charge in [0, 0.05) is 47.8 Å². The van der Waals surface area contributed by atoms with Gasteiger partial charge in [-0.05, 0) is 75.5 Å². The van der Waals surface area contributed by atoms with Gasteiger partial charge in [0.2, 0.25) is 0 Å². The molecule has 11 rings (SSSR count). The van der Waals surface area contributed by atoms with Crippen molar-refractivity contribution >= 4 is 81.3 Å². The maximum atomic E-state index is 6.70. The molecule has 0 saturated heterocycles. The average molecular weight is 720 g/mol. The highest BCUT2D eigenvalue weighted by atomic mass is 32.1. The van der Waals surface area contributed by atoms with E-state index in [1.54, 1.807) is 0 Å². The summed E-state index contributed by atoms with van der Waals surface area (Å²) in [5.41, 5.74) is 12.1. The van der Waals surface area contributed by atoms with Crippen LogP contribution in [0.3, 0.4) is 0 Å². The zero-order chi connectivity index (χ0) is 36.3. The zero-order valence-corrected chi connectivity index (χ0v) is 30.6. The van der Waals surface area contributed by atoms with E-state index in [-0.39, 0.29) is 0 Å². The van der Waals surface area contributed by atoms with E-state index in [2.05, 4.69) is 199 Å². The van der Waals surface area contributed by atoms with Crippen molar-refractivity contribution in [3.8, 4) is 33.4 Å². The highest BCUT2D eigenvalue weighted by molar-refractivity contribution is 7.26. The van der Waals surface area contributed by atoms with Gasteiger partial charge in [-0.3, -0.25) is 0 Å². The monoisotopic (exact) mass is 719 g/mol. The molecule has 55 heavy (non-hydrogen) atoms. The molecule has 0 atom stereocenters. The predicted octanol–water partition coefficient (Wildman–Crippen LogP) is 15.6. The van der Waals surface area contributed by atoms with Crippen LogP contribution in [0.1, 0.15) is 0 Å². The molecule has 0 radical (unpaired) electrons. The topological polar surface area (TPSA) is 16.4 Å². The molecule has 258 valence electrons. The largest absolute Gasteiger partial charge is 0.454 e. The minimum absolute atomic E-state index is 0.866. The van der Waals surface area contributed by atoms with Crippen LogP contribution in [0.4, 0.5) is 17.1 Å². The van der Waals surface area contributed by atoms with Gasteiger partial charge in [-0.15, -0.1) is 11.3 Å². The molecule has 0 aliphatic heterocycles. The van der Waals surface area contributed by atoms with Gasteiger partial charge in [0.1, 0.15) is 5.58 Å². The second kappa shape index (κ2) is 12.9. The number of benzene rings is 9. The number of hydrogen-bond donors (Lipinski definition) is 0. The van der Waals surface area contributed by atoms with Crippen molar-refractivity contribution in [3.05, 3.63) is 200 Å². The summed E-state index contributed by atoms with van der Waals surface area (Å²) in [6.07, 6.45) is 0. The molecule has 0 aliphatic rings. The predicted molar refractivity (Wildman–Crippen MR) is 235 cm³/mol. The Kier molecular flexibility index (Phi) is 7.39. The van der Waals surface area contributed by atoms with Crippen LogP contribution in [0, 0.1) is 0 Å². The lowest BCUT2D eigenvalue weighted by Gasteiger charge is -2.28. The lowest BCUT2D eigenvalue weighted by atomic mass is 9.95. The van der Waals surface area contributed by atoms with E-state index in [1.165, 1.54) is 58.8 Å². The van der Waals surface area contributed by atoms with Crippen LogP contribution in [0.15, 0.2) is 205 Å². The summed E-state index contributed by atoms with van der Waals surface area (Å²) in [4.78, 5) is 2.38. The van der Waals surface area contributed by atoms with Crippen LogP contribution in [0.2, 0.25) is 0 Å². The first-order valence-corrected chi connectivity index (χ1v) is 19.5. The van der Waals surface area contributed by atoms with E-state index in [9.17, 15) is 0 Å². The van der Waals surface area contributed by atoms with Gasteiger partial charge in [0.15, 0.2) is 5.58 Å². The molecular formula is C52H33NOS. The Balaban J connectivity index is 1.09. The third-order valence-electron chi connectivity index (χ3n) is 10.9. The van der Waals surface area contributed by atoms with Gasteiger partial charge in [-0.2, -0.15) is 0 Å². The normalized spacial score (nSPS) is 11.6. The number of para-hydroxylation sites is 3. The number of thiophene rings is 1. The lowest BCUT2D eigenvalue weighted by molar-refractivity contribution is 0.669. The number of rotatable bonds is 6. The third-order valence-corrected chi connectivity index (χ3v) is 12.1. The van der Waals surface area contributed by atoms with Gasteiger partial charge in [-0.25, -0.2) is 0 Å². The smallest absolute Gasteiger partial charge is 0.159 e. The molecule has 0 spiro atoms. The third kappa shape index (κ3) is 5.24. The van der Waals surface area contributed by atoms with E-state index in [1.807, 2.05) is 17.4 Å². The highest BCUT2D eigenvalue weighted by Crippen LogP contribution is 2.48. The first-order valence-electron chi connectivity index (χ1n) is 18.7. The van der Waals surface area contributed by atoms with Gasteiger partial charge >= 0.3 is 0 Å². The van der Waals surface area contributed by atoms with Crippen molar-refractivity contribution in [2.45, 2.75) is 0 Å². The number of hydrogen-bond acceptors (Lipinski definition) is 3. The Morgan fingerprint density at radius 1 is 0.382 bits per heavy atom. The van der Waals surface area contributed by atoms with E-state index in [4.69, 9.17) is 4.42 Å². The van der Waals surface area contributed by atoms with Gasteiger partial charge in [0.05, 0.1) is 11.4 Å². The summed E-state index contributed by atoms with van der Waals surface area (Å²) in [6, 6.07) is 72.1. The molecule has 0 unspecified atom stereocenters. The maximum Gasteiger partial charge on any atom is 0.159 e. The quantitative estimate of drug-likeness (QED) is 0.170. The van der Waals surface area contributed by atoms with E-state index < -0.39 is 0 Å². The molecule has 9 aromatic carbocycles. The van der Waals surface area contributed by atoms with Crippen LogP contribution in [-0.4, -0.2) is 0 Å². The Morgan fingerprint density at radius 3 is 1.93 bits per heavy atom. The Labute approximate surface area is 322 Å². The molecule has 0 fully saturated rings. The SMILES string of the molecule is c1cc(-c2ccc(N(c3ccccc3-c3cccc4c3sc3ccccc34)c3cccc4c3oc3ccccc34)cc2)cc(-c2cccc3ccccc23)c1. The summed E-state index contributed by atoms with van der Waals surface area (Å²) in [6.45, 7) is 0. The van der Waals surface area contributed by atoms with Gasteiger partial charge in [-0.1, -0.05) is 158 Å². The van der Waals surface area contributed by atoms with E-state index in [0.29, 0.717) is 0 Å². The standard InChI is InChI=1S/C52H33NOS/c1-2-17-39-35(13-1)14-10-21-40(39)37-16-9-15-36(33-37)34-29-31-38(32-30-34)53(48-26-12-22-44-42-19-4-7-27-49(42)54-51(44)48)47-25-6-3-18-41(47)45-23-11-24-46-43-20-5-8-28-50(43)55-52(45)46/h1-33H. The Hall–Kier alpha value is -6.94. The second-order valence-electron chi connectivity index (χ2n) is 14.0. The fraction of sp³-hybridized carbons (Fsp3) is 0. The summed E-state index contributed by atoms with van der Waals surface area (Å²) in [5, 5.41) is 7.31. The molecule has 0 saturated carbocycles. The van der Waals surface area contributed by atoms with Crippen LogP contribution >= 0.6 is 11.3 Å². The molecule has 3 heteroatoms. The second-order valence-corrected chi connectivity index (χ2v) is 15.1. The molecule has 2 nitrogen and oxygen atoms in total. The molecule has 0 amide bonds. The van der Waals surface area contributed by atoms with Crippen molar-refractivity contribution in [3.63, 3.8) is 0 Å². The minimum atomic E-state index is 0.866. The fourth-order valence-electron chi connectivity index (χ4n) is 8.32. The molecule has 0 N–H and O–H groups in total. The molecular weight excluding hydrogens is 687 g/mol. The van der Waals surface area contributed by atoms with Crippen molar-refractivity contribution in [1.29, 1.82) is 0 Å². The number of furan rings is 1. The van der Waals surface area contributed by atoms with Crippen LogP contribution in [-0.2, 0) is 0 Å². The van der Waals surface area contributed by atoms with E-state index in [0.717, 1.165) is 44.6 Å². The zero-order valence-electron chi connectivity index (χ0n) is 29.8. The summed E-state index contributed by atoms with van der Waals surface area (Å²) < 4.78 is 9.29. The number of fused-ring (bicyclic) bond motifs is 7. The number of anilines is 3. The first kappa shape index (κ1) is 31.6. The first-order chi connectivity index (χ1) is 27.3. The molecule has 0 bridgehead atoms. The molecule has 11 aromatic rings. The van der Waals surface area contributed by atoms with Gasteiger partial charge < -0.3 is 9.32 Å². The number of nitrogens with zero attached hydrogens (tertiary/aromatic N) is 1. The van der Waals surface area contributed by atoms with Crippen LogP contribution < -0.4 is 4.90 Å². The highest BCUT2D eigenvalue weighted by Gasteiger charge is 2.23. The summed E-state index contributed by atoms with van der Waals surface area (Å²) in [7, 11) is 0. The Bertz CT molecular complexity index is 3220. The summed E-state index contributed by atoms with van der Waals surface area (Å²) in [5.74, 6) is 0. The fourth-order valence-corrected chi connectivity index (χ4v) is 9.55. The Morgan fingerprint density at radius 2 is 1.00 bits per heavy atom. The van der Waals surface area contributed by atoms with Gasteiger partial charge in [0.25, 0.3) is 0 Å². The molecule has 2 heterocycles. The summed E-state index contributed by atoms with van der Waals surface area (Å²) >= 11 is 1.86. The van der Waals surface area contributed by atoms with Crippen molar-refractivity contribution in [1.82, 2.24) is 0 Å². The molecule has 0 aliphatic carbocycles.